The molecule has 0 amide bonds. The van der Waals surface area contributed by atoms with Gasteiger partial charge in [-0.1, -0.05) is 88.7 Å². The van der Waals surface area contributed by atoms with Crippen LogP contribution in [0.4, 0.5) is 13.2 Å². The Balaban J connectivity index is 2.08. The summed E-state index contributed by atoms with van der Waals surface area (Å²) in [5.74, 6) is -1.86. The molecule has 0 heterocycles. The quantitative estimate of drug-likeness (QED) is 0.355. The molecule has 3 rings (SSSR count). The summed E-state index contributed by atoms with van der Waals surface area (Å²) < 4.78 is 48.3. The fraction of sp³-hybridized carbons (Fsp3) is 0.217. The molecule has 2 unspecified atom stereocenters. The third-order valence-corrected chi connectivity index (χ3v) is 4.91. The van der Waals surface area contributed by atoms with Crippen LogP contribution in [0, 0.1) is 0 Å². The summed E-state index contributed by atoms with van der Waals surface area (Å²) in [5, 5.41) is 0.686. The lowest BCUT2D eigenvalue weighted by Crippen LogP contribution is -2.28. The minimum atomic E-state index is -4.40. The summed E-state index contributed by atoms with van der Waals surface area (Å²) in [6, 6.07) is 23.9. The Morgan fingerprint density at radius 3 is 1.71 bits per heavy atom. The summed E-state index contributed by atoms with van der Waals surface area (Å²) in [6.07, 6.45) is -4.40. The number of hydrogen-bond acceptors (Lipinski definition) is 1. The minimum absolute atomic E-state index is 0.253. The van der Waals surface area contributed by atoms with E-state index in [0.717, 1.165) is 0 Å². The van der Waals surface area contributed by atoms with E-state index in [9.17, 15) is 13.2 Å². The van der Waals surface area contributed by atoms with Gasteiger partial charge in [-0.25, -0.2) is 0 Å². The zero-order chi connectivity index (χ0) is 20.0. The molecule has 0 aliphatic carbocycles. The molecule has 0 spiro atoms. The van der Waals surface area contributed by atoms with Crippen molar-refractivity contribution >= 4 is 15.9 Å². The van der Waals surface area contributed by atoms with Gasteiger partial charge in [-0.3, -0.25) is 0 Å². The SMILES string of the molecule is FC(F)(F)C(c1ccccc1)C(c1ccccc1)c1ccc(OCCBr)cc1. The summed E-state index contributed by atoms with van der Waals surface area (Å²) in [5.41, 5.74) is 1.48. The fourth-order valence-electron chi connectivity index (χ4n) is 3.40. The molecule has 0 N–H and O–H groups in total. The van der Waals surface area contributed by atoms with Crippen LogP contribution in [0.15, 0.2) is 84.9 Å². The van der Waals surface area contributed by atoms with Crippen LogP contribution in [-0.2, 0) is 0 Å². The van der Waals surface area contributed by atoms with Crippen LogP contribution >= 0.6 is 15.9 Å². The first-order valence-corrected chi connectivity index (χ1v) is 10.1. The summed E-state index contributed by atoms with van der Waals surface area (Å²) in [6.45, 7) is 0.497. The lowest BCUT2D eigenvalue weighted by Gasteiger charge is -2.30. The predicted molar refractivity (Wildman–Crippen MR) is 109 cm³/mol. The molecule has 0 saturated heterocycles. The lowest BCUT2D eigenvalue weighted by atomic mass is 9.76. The van der Waals surface area contributed by atoms with Crippen molar-refractivity contribution in [2.75, 3.05) is 11.9 Å². The molecule has 0 radical (unpaired) electrons. The Bertz CT molecular complexity index is 849. The molecule has 0 aliphatic rings. The summed E-state index contributed by atoms with van der Waals surface area (Å²) in [4.78, 5) is 0. The van der Waals surface area contributed by atoms with Crippen LogP contribution in [0.5, 0.6) is 5.75 Å². The second-order valence-electron chi connectivity index (χ2n) is 6.42. The number of benzene rings is 3. The Morgan fingerprint density at radius 2 is 1.21 bits per heavy atom. The predicted octanol–water partition coefficient (Wildman–Crippen LogP) is 6.94. The van der Waals surface area contributed by atoms with E-state index in [2.05, 4.69) is 15.9 Å². The Kier molecular flexibility index (Phi) is 6.79. The van der Waals surface area contributed by atoms with E-state index in [4.69, 9.17) is 4.74 Å². The van der Waals surface area contributed by atoms with Gasteiger partial charge in [0.1, 0.15) is 5.75 Å². The van der Waals surface area contributed by atoms with Gasteiger partial charge >= 0.3 is 6.18 Å². The van der Waals surface area contributed by atoms with Gasteiger partial charge in [-0.15, -0.1) is 0 Å². The van der Waals surface area contributed by atoms with Crippen molar-refractivity contribution in [1.29, 1.82) is 0 Å². The van der Waals surface area contributed by atoms with Gasteiger partial charge in [-0.2, -0.15) is 13.2 Å². The van der Waals surface area contributed by atoms with Crippen molar-refractivity contribution in [1.82, 2.24) is 0 Å². The molecule has 3 aromatic rings. The first-order chi connectivity index (χ1) is 13.5. The van der Waals surface area contributed by atoms with Crippen molar-refractivity contribution < 1.29 is 17.9 Å². The normalized spacial score (nSPS) is 13.7. The molecule has 2 atom stereocenters. The Labute approximate surface area is 171 Å². The highest BCUT2D eigenvalue weighted by Gasteiger charge is 2.46. The second-order valence-corrected chi connectivity index (χ2v) is 7.22. The van der Waals surface area contributed by atoms with Gasteiger partial charge in [0.05, 0.1) is 12.5 Å². The smallest absolute Gasteiger partial charge is 0.396 e. The molecule has 0 aromatic heterocycles. The monoisotopic (exact) mass is 448 g/mol. The molecule has 5 heteroatoms. The fourth-order valence-corrected chi connectivity index (χ4v) is 3.56. The van der Waals surface area contributed by atoms with Crippen LogP contribution < -0.4 is 4.74 Å². The topological polar surface area (TPSA) is 9.23 Å². The van der Waals surface area contributed by atoms with Crippen molar-refractivity contribution in [2.45, 2.75) is 18.0 Å². The van der Waals surface area contributed by atoms with E-state index in [0.29, 0.717) is 28.8 Å². The third kappa shape index (κ3) is 4.96. The van der Waals surface area contributed by atoms with E-state index >= 15 is 0 Å². The minimum Gasteiger partial charge on any atom is -0.493 e. The highest BCUT2D eigenvalue weighted by atomic mass is 79.9. The van der Waals surface area contributed by atoms with E-state index in [1.807, 2.05) is 6.07 Å². The summed E-state index contributed by atoms with van der Waals surface area (Å²) >= 11 is 3.29. The molecule has 28 heavy (non-hydrogen) atoms. The van der Waals surface area contributed by atoms with E-state index in [1.54, 1.807) is 78.9 Å². The molecular formula is C23H20BrF3O. The Hall–Kier alpha value is -2.27. The van der Waals surface area contributed by atoms with E-state index < -0.39 is 18.0 Å². The van der Waals surface area contributed by atoms with Crippen LogP contribution in [0.25, 0.3) is 0 Å². The molecular weight excluding hydrogens is 429 g/mol. The van der Waals surface area contributed by atoms with Gasteiger partial charge < -0.3 is 4.74 Å². The van der Waals surface area contributed by atoms with Gasteiger partial charge in [0.2, 0.25) is 0 Å². The molecule has 0 aliphatic heterocycles. The highest BCUT2D eigenvalue weighted by Crippen LogP contribution is 2.48. The second kappa shape index (κ2) is 9.28. The average molecular weight is 449 g/mol. The molecule has 0 saturated carbocycles. The average Bonchev–Trinajstić information content (AvgIpc) is 2.71. The molecule has 1 nitrogen and oxygen atoms in total. The highest BCUT2D eigenvalue weighted by molar-refractivity contribution is 9.09. The van der Waals surface area contributed by atoms with Gasteiger partial charge in [0, 0.05) is 11.2 Å². The zero-order valence-electron chi connectivity index (χ0n) is 15.1. The van der Waals surface area contributed by atoms with Crippen LogP contribution in [0.1, 0.15) is 28.5 Å². The number of alkyl halides is 4. The van der Waals surface area contributed by atoms with Gasteiger partial charge in [-0.05, 0) is 28.8 Å². The van der Waals surface area contributed by atoms with Crippen molar-refractivity contribution in [2.24, 2.45) is 0 Å². The molecule has 3 aromatic carbocycles. The maximum Gasteiger partial charge on any atom is 0.396 e. The van der Waals surface area contributed by atoms with Crippen LogP contribution in [-0.4, -0.2) is 18.1 Å². The molecule has 0 fully saturated rings. The van der Waals surface area contributed by atoms with Crippen molar-refractivity contribution in [3.05, 3.63) is 102 Å². The Morgan fingerprint density at radius 1 is 0.714 bits per heavy atom. The number of hydrogen-bond donors (Lipinski definition) is 0. The maximum absolute atomic E-state index is 14.2. The first kappa shape index (κ1) is 20.5. The van der Waals surface area contributed by atoms with E-state index in [1.165, 1.54) is 0 Å². The molecule has 146 valence electrons. The van der Waals surface area contributed by atoms with E-state index in [-0.39, 0.29) is 5.56 Å². The van der Waals surface area contributed by atoms with Crippen molar-refractivity contribution in [3.63, 3.8) is 0 Å². The lowest BCUT2D eigenvalue weighted by molar-refractivity contribution is -0.153. The van der Waals surface area contributed by atoms with Crippen LogP contribution in [0.2, 0.25) is 0 Å². The molecule has 0 bridgehead atoms. The van der Waals surface area contributed by atoms with Crippen LogP contribution in [0.3, 0.4) is 0 Å². The maximum atomic E-state index is 14.2. The zero-order valence-corrected chi connectivity index (χ0v) is 16.7. The number of rotatable bonds is 7. The standard InChI is InChI=1S/C23H20BrF3O/c24-15-16-28-20-13-11-18(12-14-20)21(17-7-3-1-4-8-17)22(23(25,26)27)19-9-5-2-6-10-19/h1-14,21-22H,15-16H2. The van der Waals surface area contributed by atoms with Gasteiger partial charge in [0.25, 0.3) is 0 Å². The summed E-state index contributed by atoms with van der Waals surface area (Å²) in [7, 11) is 0. The van der Waals surface area contributed by atoms with Gasteiger partial charge in [0.15, 0.2) is 0 Å². The third-order valence-electron chi connectivity index (χ3n) is 4.59. The van der Waals surface area contributed by atoms with Crippen molar-refractivity contribution in [3.8, 4) is 5.75 Å². The first-order valence-electron chi connectivity index (χ1n) is 8.96. The number of halogens is 4. The largest absolute Gasteiger partial charge is 0.493 e. The number of ether oxygens (including phenoxy) is 1.